The molecule has 22 heavy (non-hydrogen) atoms. The quantitative estimate of drug-likeness (QED) is 0.849. The topological polar surface area (TPSA) is 61.0 Å². The highest BCUT2D eigenvalue weighted by molar-refractivity contribution is 5.92. The second-order valence-electron chi connectivity index (χ2n) is 7.17. The second kappa shape index (κ2) is 4.48. The number of amides is 2. The maximum absolute atomic E-state index is 12.5. The first kappa shape index (κ1) is 12.5. The van der Waals surface area contributed by atoms with Crippen LogP contribution in [0.25, 0.3) is 10.9 Å². The Kier molecular flexibility index (Phi) is 2.54. The minimum absolute atomic E-state index is 0.0488. The van der Waals surface area contributed by atoms with Gasteiger partial charge in [0.05, 0.1) is 11.7 Å². The number of benzene rings is 1. The largest absolute Gasteiger partial charge is 0.324 e. The summed E-state index contributed by atoms with van der Waals surface area (Å²) >= 11 is 0. The maximum Gasteiger partial charge on any atom is 0.321 e. The van der Waals surface area contributed by atoms with E-state index in [4.69, 9.17) is 0 Å². The first-order valence-electron chi connectivity index (χ1n) is 8.27. The van der Waals surface area contributed by atoms with E-state index < -0.39 is 0 Å². The SMILES string of the molecule is O=C(Nc1ccc2cn[nH]c2c1)N1C[C@@H]2[C@@H]3CC[C@@H](C3)[C@@H]2C1. The standard InChI is InChI=1S/C17H20N4O/c22-17(19-13-4-3-12-7-18-20-16(12)6-13)21-8-14-10-1-2-11(5-10)15(14)9-21/h3-4,6-7,10-11,14-15H,1-2,5,8-9H2,(H,18,20)(H,19,22)/t10-,11+,14-,15+. The fourth-order valence-electron chi connectivity index (χ4n) is 5.07. The number of nitrogens with one attached hydrogen (secondary N) is 2. The number of urea groups is 1. The average molecular weight is 296 g/mol. The first-order chi connectivity index (χ1) is 10.8. The molecule has 3 aliphatic rings. The lowest BCUT2D eigenvalue weighted by Crippen LogP contribution is -2.34. The van der Waals surface area contributed by atoms with Crippen LogP contribution in [0.1, 0.15) is 19.3 Å². The lowest BCUT2D eigenvalue weighted by Gasteiger charge is -2.22. The van der Waals surface area contributed by atoms with Gasteiger partial charge in [0.15, 0.2) is 0 Å². The van der Waals surface area contributed by atoms with Crippen LogP contribution >= 0.6 is 0 Å². The molecule has 4 atom stereocenters. The molecule has 114 valence electrons. The highest BCUT2D eigenvalue weighted by atomic mass is 16.2. The van der Waals surface area contributed by atoms with Gasteiger partial charge in [-0.2, -0.15) is 5.10 Å². The van der Waals surface area contributed by atoms with Crippen LogP contribution in [0.3, 0.4) is 0 Å². The molecule has 1 aromatic heterocycles. The summed E-state index contributed by atoms with van der Waals surface area (Å²) in [5.74, 6) is 3.29. The number of aromatic nitrogens is 2. The molecule has 2 N–H and O–H groups in total. The van der Waals surface area contributed by atoms with Crippen molar-refractivity contribution in [1.82, 2.24) is 15.1 Å². The van der Waals surface area contributed by atoms with Crippen LogP contribution in [-0.2, 0) is 0 Å². The molecule has 1 saturated heterocycles. The van der Waals surface area contributed by atoms with E-state index in [1.165, 1.54) is 19.3 Å². The lowest BCUT2D eigenvalue weighted by molar-refractivity contribution is 0.217. The number of likely N-dealkylation sites (tertiary alicyclic amines) is 1. The molecule has 1 aliphatic heterocycles. The van der Waals surface area contributed by atoms with Crippen LogP contribution < -0.4 is 5.32 Å². The summed E-state index contributed by atoms with van der Waals surface area (Å²) in [7, 11) is 0. The van der Waals surface area contributed by atoms with Gasteiger partial charge in [0.1, 0.15) is 0 Å². The number of nitrogens with zero attached hydrogens (tertiary/aromatic N) is 2. The van der Waals surface area contributed by atoms with Gasteiger partial charge in [-0.25, -0.2) is 4.79 Å². The van der Waals surface area contributed by atoms with Crippen molar-refractivity contribution in [3.63, 3.8) is 0 Å². The summed E-state index contributed by atoms with van der Waals surface area (Å²) < 4.78 is 0. The lowest BCUT2D eigenvalue weighted by atomic mass is 9.82. The smallest absolute Gasteiger partial charge is 0.321 e. The molecule has 0 spiro atoms. The summed E-state index contributed by atoms with van der Waals surface area (Å²) in [6.07, 6.45) is 5.98. The monoisotopic (exact) mass is 296 g/mol. The van der Waals surface area contributed by atoms with Crippen molar-refractivity contribution in [2.45, 2.75) is 19.3 Å². The van der Waals surface area contributed by atoms with Crippen LogP contribution in [0.4, 0.5) is 10.5 Å². The van der Waals surface area contributed by atoms with E-state index >= 15 is 0 Å². The zero-order chi connectivity index (χ0) is 14.7. The van der Waals surface area contributed by atoms with Gasteiger partial charge in [-0.1, -0.05) is 0 Å². The van der Waals surface area contributed by atoms with Crippen molar-refractivity contribution < 1.29 is 4.79 Å². The van der Waals surface area contributed by atoms with Gasteiger partial charge in [-0.05, 0) is 61.1 Å². The molecule has 5 heteroatoms. The molecule has 5 rings (SSSR count). The molecule has 2 heterocycles. The van der Waals surface area contributed by atoms with E-state index in [1.54, 1.807) is 6.20 Å². The van der Waals surface area contributed by atoms with Crippen LogP contribution in [-0.4, -0.2) is 34.2 Å². The first-order valence-corrected chi connectivity index (χ1v) is 8.27. The van der Waals surface area contributed by atoms with Crippen LogP contribution in [0.5, 0.6) is 0 Å². The molecule has 2 amide bonds. The van der Waals surface area contributed by atoms with E-state index in [2.05, 4.69) is 15.5 Å². The summed E-state index contributed by atoms with van der Waals surface area (Å²) in [6.45, 7) is 1.90. The Morgan fingerprint density at radius 1 is 1.23 bits per heavy atom. The van der Waals surface area contributed by atoms with Gasteiger partial charge < -0.3 is 10.2 Å². The third kappa shape index (κ3) is 1.77. The second-order valence-corrected chi connectivity index (χ2v) is 7.17. The van der Waals surface area contributed by atoms with Crippen molar-refractivity contribution >= 4 is 22.6 Å². The van der Waals surface area contributed by atoms with Crippen molar-refractivity contribution in [1.29, 1.82) is 0 Å². The molecular formula is C17H20N4O. The van der Waals surface area contributed by atoms with Gasteiger partial charge >= 0.3 is 6.03 Å². The van der Waals surface area contributed by atoms with E-state index in [1.807, 2.05) is 23.1 Å². The predicted molar refractivity (Wildman–Crippen MR) is 84.5 cm³/mol. The van der Waals surface area contributed by atoms with E-state index in [9.17, 15) is 4.79 Å². The number of carbonyl (C=O) groups excluding carboxylic acids is 1. The number of rotatable bonds is 1. The van der Waals surface area contributed by atoms with Crippen molar-refractivity contribution in [3.8, 4) is 0 Å². The zero-order valence-corrected chi connectivity index (χ0v) is 12.5. The Morgan fingerprint density at radius 2 is 2.00 bits per heavy atom. The number of hydrogen-bond acceptors (Lipinski definition) is 2. The number of anilines is 1. The molecule has 2 bridgehead atoms. The van der Waals surface area contributed by atoms with Crippen molar-refractivity contribution in [2.75, 3.05) is 18.4 Å². The maximum atomic E-state index is 12.5. The molecule has 2 aromatic rings. The molecule has 0 radical (unpaired) electrons. The van der Waals surface area contributed by atoms with E-state index in [0.29, 0.717) is 0 Å². The van der Waals surface area contributed by atoms with Crippen molar-refractivity contribution in [3.05, 3.63) is 24.4 Å². The van der Waals surface area contributed by atoms with Crippen LogP contribution in [0.15, 0.2) is 24.4 Å². The minimum atomic E-state index is 0.0488. The van der Waals surface area contributed by atoms with Gasteiger partial charge in [0.25, 0.3) is 0 Å². The highest BCUT2D eigenvalue weighted by Crippen LogP contribution is 2.55. The Morgan fingerprint density at radius 3 is 2.77 bits per heavy atom. The summed E-state index contributed by atoms with van der Waals surface area (Å²) in [4.78, 5) is 14.6. The summed E-state index contributed by atoms with van der Waals surface area (Å²) in [5, 5.41) is 11.1. The zero-order valence-electron chi connectivity index (χ0n) is 12.5. The van der Waals surface area contributed by atoms with Gasteiger partial charge in [0, 0.05) is 24.2 Å². The van der Waals surface area contributed by atoms with Crippen LogP contribution in [0.2, 0.25) is 0 Å². The average Bonchev–Trinajstić information content (AvgIpc) is 3.27. The van der Waals surface area contributed by atoms with Crippen molar-refractivity contribution in [2.24, 2.45) is 23.7 Å². The Bertz CT molecular complexity index is 721. The van der Waals surface area contributed by atoms with Gasteiger partial charge in [0.2, 0.25) is 0 Å². The predicted octanol–water partition coefficient (Wildman–Crippen LogP) is 3.07. The number of H-pyrrole nitrogens is 1. The number of fused-ring (bicyclic) bond motifs is 6. The van der Waals surface area contributed by atoms with Gasteiger partial charge in [-0.3, -0.25) is 5.10 Å². The third-order valence-electron chi connectivity index (χ3n) is 6.12. The molecule has 0 unspecified atom stereocenters. The Hall–Kier alpha value is -2.04. The van der Waals surface area contributed by atoms with Crippen LogP contribution in [0, 0.1) is 23.7 Å². The fourth-order valence-corrected chi connectivity index (χ4v) is 5.07. The molecule has 1 aromatic carbocycles. The number of carbonyl (C=O) groups is 1. The number of aromatic amines is 1. The molecule has 2 aliphatic carbocycles. The Balaban J connectivity index is 1.31. The summed E-state index contributed by atoms with van der Waals surface area (Å²) in [5.41, 5.74) is 1.79. The van der Waals surface area contributed by atoms with Gasteiger partial charge in [-0.15, -0.1) is 0 Å². The molecular weight excluding hydrogens is 276 g/mol. The fraction of sp³-hybridized carbons (Fsp3) is 0.529. The van der Waals surface area contributed by atoms with E-state index in [-0.39, 0.29) is 6.03 Å². The highest BCUT2D eigenvalue weighted by Gasteiger charge is 2.52. The molecule has 2 saturated carbocycles. The Labute approximate surface area is 129 Å². The third-order valence-corrected chi connectivity index (χ3v) is 6.12. The number of hydrogen-bond donors (Lipinski definition) is 2. The minimum Gasteiger partial charge on any atom is -0.324 e. The normalized spacial score (nSPS) is 32.6. The summed E-state index contributed by atoms with van der Waals surface area (Å²) in [6, 6.07) is 5.91. The molecule has 5 nitrogen and oxygen atoms in total. The molecule has 3 fully saturated rings. The van der Waals surface area contributed by atoms with E-state index in [0.717, 1.165) is 53.4 Å².